The van der Waals surface area contributed by atoms with E-state index < -0.39 is 0 Å². The van der Waals surface area contributed by atoms with E-state index in [2.05, 4.69) is 5.32 Å². The normalized spacial score (nSPS) is 12.0. The number of hydrogen-bond donors (Lipinski definition) is 1. The van der Waals surface area contributed by atoms with Gasteiger partial charge in [-0.05, 0) is 50.1 Å². The molecule has 2 aromatic rings. The first-order valence-electron chi connectivity index (χ1n) is 6.66. The molecule has 21 heavy (non-hydrogen) atoms. The van der Waals surface area contributed by atoms with Crippen molar-refractivity contribution in [2.45, 2.75) is 26.8 Å². The van der Waals surface area contributed by atoms with E-state index in [1.807, 2.05) is 13.8 Å². The number of anilines is 1. The number of benzene rings is 2. The molecule has 0 bridgehead atoms. The van der Waals surface area contributed by atoms with Crippen LogP contribution in [0.25, 0.3) is 0 Å². The molecule has 0 heterocycles. The monoisotopic (exact) mass is 288 g/mol. The molecule has 1 N–H and O–H groups in total. The molecule has 2 aromatic carbocycles. The second-order valence-electron chi connectivity index (χ2n) is 5.13. The van der Waals surface area contributed by atoms with Crippen LogP contribution in [0.4, 0.5) is 15.8 Å². The molecule has 0 aromatic heterocycles. The van der Waals surface area contributed by atoms with E-state index >= 15 is 0 Å². The van der Waals surface area contributed by atoms with Gasteiger partial charge in [-0.1, -0.05) is 12.1 Å². The Morgan fingerprint density at radius 2 is 1.76 bits per heavy atom. The predicted molar refractivity (Wildman–Crippen MR) is 81.0 cm³/mol. The lowest BCUT2D eigenvalue weighted by atomic mass is 10.1. The van der Waals surface area contributed by atoms with E-state index in [1.165, 1.54) is 12.1 Å². The summed E-state index contributed by atoms with van der Waals surface area (Å²) in [6.45, 7) is 5.50. The number of nitrogens with zero attached hydrogens (tertiary/aromatic N) is 1. The van der Waals surface area contributed by atoms with Crippen molar-refractivity contribution in [2.24, 2.45) is 0 Å². The van der Waals surface area contributed by atoms with Gasteiger partial charge in [0.05, 0.1) is 4.92 Å². The summed E-state index contributed by atoms with van der Waals surface area (Å²) in [5, 5.41) is 14.2. The lowest BCUT2D eigenvalue weighted by Crippen LogP contribution is -2.08. The van der Waals surface area contributed by atoms with E-state index in [1.54, 1.807) is 31.2 Å². The summed E-state index contributed by atoms with van der Waals surface area (Å²) in [6, 6.07) is 9.59. The van der Waals surface area contributed by atoms with Crippen LogP contribution in [-0.2, 0) is 0 Å². The van der Waals surface area contributed by atoms with Gasteiger partial charge in [0.2, 0.25) is 0 Å². The molecule has 2 rings (SSSR count). The van der Waals surface area contributed by atoms with E-state index in [-0.39, 0.29) is 22.5 Å². The van der Waals surface area contributed by atoms with Crippen LogP contribution in [0.5, 0.6) is 0 Å². The van der Waals surface area contributed by atoms with Crippen LogP contribution in [0, 0.1) is 29.8 Å². The maximum atomic E-state index is 12.9. The second-order valence-corrected chi connectivity index (χ2v) is 5.13. The zero-order valence-electron chi connectivity index (χ0n) is 12.2. The standard InChI is InChI=1S/C16H17FN2O2/c1-10-9-16(19(20)21)11(2)8-15(10)18-12(3)13-4-6-14(17)7-5-13/h4-9,12,18H,1-3H3. The van der Waals surface area contributed by atoms with Gasteiger partial charge in [0.25, 0.3) is 5.69 Å². The van der Waals surface area contributed by atoms with E-state index in [0.717, 1.165) is 16.8 Å². The Hall–Kier alpha value is -2.43. The van der Waals surface area contributed by atoms with Gasteiger partial charge in [-0.2, -0.15) is 0 Å². The highest BCUT2D eigenvalue weighted by molar-refractivity contribution is 5.60. The Morgan fingerprint density at radius 3 is 2.33 bits per heavy atom. The van der Waals surface area contributed by atoms with Gasteiger partial charge in [-0.25, -0.2) is 4.39 Å². The number of hydrogen-bond acceptors (Lipinski definition) is 3. The van der Waals surface area contributed by atoms with Crippen molar-refractivity contribution in [1.82, 2.24) is 0 Å². The zero-order valence-corrected chi connectivity index (χ0v) is 12.2. The third kappa shape index (κ3) is 3.37. The minimum atomic E-state index is -0.379. The molecule has 0 spiro atoms. The Labute approximate surface area is 122 Å². The topological polar surface area (TPSA) is 55.2 Å². The summed E-state index contributed by atoms with van der Waals surface area (Å²) in [6.07, 6.45) is 0. The highest BCUT2D eigenvalue weighted by Gasteiger charge is 2.14. The van der Waals surface area contributed by atoms with Crippen LogP contribution < -0.4 is 5.32 Å². The molecular formula is C16H17FN2O2. The Balaban J connectivity index is 2.25. The molecule has 1 unspecified atom stereocenters. The molecule has 4 nitrogen and oxygen atoms in total. The molecule has 0 fully saturated rings. The van der Waals surface area contributed by atoms with Crippen molar-refractivity contribution < 1.29 is 9.31 Å². The van der Waals surface area contributed by atoms with E-state index in [4.69, 9.17) is 0 Å². The molecule has 0 saturated carbocycles. The van der Waals surface area contributed by atoms with Crippen LogP contribution in [0.3, 0.4) is 0 Å². The summed E-state index contributed by atoms with van der Waals surface area (Å²) in [5.74, 6) is -0.270. The van der Waals surface area contributed by atoms with Crippen molar-refractivity contribution in [1.29, 1.82) is 0 Å². The number of nitro benzene ring substituents is 1. The van der Waals surface area contributed by atoms with Crippen molar-refractivity contribution in [3.8, 4) is 0 Å². The molecule has 1 atom stereocenters. The lowest BCUT2D eigenvalue weighted by molar-refractivity contribution is -0.385. The lowest BCUT2D eigenvalue weighted by Gasteiger charge is -2.18. The number of nitro groups is 1. The molecule has 0 aliphatic carbocycles. The maximum absolute atomic E-state index is 12.9. The zero-order chi connectivity index (χ0) is 15.6. The third-order valence-corrected chi connectivity index (χ3v) is 3.48. The molecule has 0 radical (unpaired) electrons. The summed E-state index contributed by atoms with van der Waals surface area (Å²) >= 11 is 0. The Kier molecular flexibility index (Phi) is 4.21. The van der Waals surface area contributed by atoms with Gasteiger partial charge in [0.1, 0.15) is 5.82 Å². The van der Waals surface area contributed by atoms with Gasteiger partial charge in [0, 0.05) is 23.4 Å². The minimum absolute atomic E-state index is 0.0230. The number of aryl methyl sites for hydroxylation is 2. The molecule has 0 amide bonds. The van der Waals surface area contributed by atoms with Crippen molar-refractivity contribution in [3.63, 3.8) is 0 Å². The third-order valence-electron chi connectivity index (χ3n) is 3.48. The highest BCUT2D eigenvalue weighted by Crippen LogP contribution is 2.28. The first kappa shape index (κ1) is 15.0. The van der Waals surface area contributed by atoms with Gasteiger partial charge < -0.3 is 5.32 Å². The number of halogens is 1. The van der Waals surface area contributed by atoms with Crippen molar-refractivity contribution >= 4 is 11.4 Å². The number of rotatable bonds is 4. The molecule has 0 saturated heterocycles. The molecule has 110 valence electrons. The fraction of sp³-hybridized carbons (Fsp3) is 0.250. The largest absolute Gasteiger partial charge is 0.378 e. The van der Waals surface area contributed by atoms with Gasteiger partial charge >= 0.3 is 0 Å². The fourth-order valence-electron chi connectivity index (χ4n) is 2.22. The van der Waals surface area contributed by atoms with Crippen LogP contribution in [0.2, 0.25) is 0 Å². The SMILES string of the molecule is Cc1cc([N+](=O)[O-])c(C)cc1NC(C)c1ccc(F)cc1. The molecule has 0 aliphatic rings. The second kappa shape index (κ2) is 5.91. The molecule has 0 aliphatic heterocycles. The predicted octanol–water partition coefficient (Wildman–Crippen LogP) is 4.52. The van der Waals surface area contributed by atoms with Crippen molar-refractivity contribution in [3.05, 3.63) is 69.0 Å². The summed E-state index contributed by atoms with van der Waals surface area (Å²) < 4.78 is 12.9. The van der Waals surface area contributed by atoms with Crippen LogP contribution in [0.1, 0.15) is 29.7 Å². The summed E-state index contributed by atoms with van der Waals surface area (Å²) in [5.41, 5.74) is 3.33. The van der Waals surface area contributed by atoms with Crippen LogP contribution >= 0.6 is 0 Å². The van der Waals surface area contributed by atoms with Crippen molar-refractivity contribution in [2.75, 3.05) is 5.32 Å². The smallest absolute Gasteiger partial charge is 0.272 e. The van der Waals surface area contributed by atoms with Crippen LogP contribution in [-0.4, -0.2) is 4.92 Å². The number of nitrogens with one attached hydrogen (secondary N) is 1. The quantitative estimate of drug-likeness (QED) is 0.664. The molecular weight excluding hydrogens is 271 g/mol. The Morgan fingerprint density at radius 1 is 1.14 bits per heavy atom. The minimum Gasteiger partial charge on any atom is -0.378 e. The summed E-state index contributed by atoms with van der Waals surface area (Å²) in [4.78, 5) is 10.5. The molecule has 5 heteroatoms. The van der Waals surface area contributed by atoms with E-state index in [9.17, 15) is 14.5 Å². The first-order chi connectivity index (χ1) is 9.88. The fourth-order valence-corrected chi connectivity index (χ4v) is 2.22. The van der Waals surface area contributed by atoms with Crippen LogP contribution in [0.15, 0.2) is 36.4 Å². The average molecular weight is 288 g/mol. The highest BCUT2D eigenvalue weighted by atomic mass is 19.1. The van der Waals surface area contributed by atoms with Gasteiger partial charge in [0.15, 0.2) is 0 Å². The average Bonchev–Trinajstić information content (AvgIpc) is 2.42. The maximum Gasteiger partial charge on any atom is 0.272 e. The summed E-state index contributed by atoms with van der Waals surface area (Å²) in [7, 11) is 0. The van der Waals surface area contributed by atoms with Gasteiger partial charge in [-0.15, -0.1) is 0 Å². The van der Waals surface area contributed by atoms with E-state index in [0.29, 0.717) is 5.56 Å². The Bertz CT molecular complexity index is 669. The van der Waals surface area contributed by atoms with Gasteiger partial charge in [-0.3, -0.25) is 10.1 Å². The first-order valence-corrected chi connectivity index (χ1v) is 6.66.